The molecule has 0 radical (unpaired) electrons. The quantitative estimate of drug-likeness (QED) is 0.760. The molecule has 0 saturated carbocycles. The minimum atomic E-state index is -0.636. The highest BCUT2D eigenvalue weighted by molar-refractivity contribution is 6.62. The second kappa shape index (κ2) is 7.19. The van der Waals surface area contributed by atoms with Crippen molar-refractivity contribution in [3.05, 3.63) is 29.6 Å². The van der Waals surface area contributed by atoms with Gasteiger partial charge in [-0.05, 0) is 59.1 Å². The number of halogens is 1. The van der Waals surface area contributed by atoms with Gasteiger partial charge in [0.15, 0.2) is 0 Å². The van der Waals surface area contributed by atoms with E-state index in [2.05, 4.69) is 18.7 Å². The van der Waals surface area contributed by atoms with Gasteiger partial charge in [0.05, 0.1) is 16.8 Å². The van der Waals surface area contributed by atoms with Crippen molar-refractivity contribution >= 4 is 18.5 Å². The minimum absolute atomic E-state index is 0.105. The van der Waals surface area contributed by atoms with Crippen molar-refractivity contribution in [1.29, 1.82) is 0 Å². The first-order chi connectivity index (χ1) is 12.5. The molecular formula is C20H30BFN2O3. The summed E-state index contributed by atoms with van der Waals surface area (Å²) >= 11 is 0. The van der Waals surface area contributed by atoms with Gasteiger partial charge < -0.3 is 14.2 Å². The molecule has 0 aromatic heterocycles. The topological polar surface area (TPSA) is 42.0 Å². The Kier molecular flexibility index (Phi) is 5.40. The van der Waals surface area contributed by atoms with Crippen LogP contribution in [0.25, 0.3) is 0 Å². The molecule has 1 aromatic carbocycles. The maximum absolute atomic E-state index is 14.7. The monoisotopic (exact) mass is 376 g/mol. The Labute approximate surface area is 161 Å². The number of hydrogen-bond acceptors (Lipinski definition) is 4. The number of nitrogens with zero attached hydrogens (tertiary/aromatic N) is 2. The molecule has 2 saturated heterocycles. The fourth-order valence-corrected chi connectivity index (χ4v) is 3.44. The fourth-order valence-electron chi connectivity index (χ4n) is 3.44. The summed E-state index contributed by atoms with van der Waals surface area (Å²) in [5, 5.41) is 0. The van der Waals surface area contributed by atoms with E-state index in [4.69, 9.17) is 9.31 Å². The van der Waals surface area contributed by atoms with Gasteiger partial charge in [0, 0.05) is 32.2 Å². The summed E-state index contributed by atoms with van der Waals surface area (Å²) in [7, 11) is -0.636. The van der Waals surface area contributed by atoms with Gasteiger partial charge in [0.1, 0.15) is 5.82 Å². The third-order valence-electron chi connectivity index (χ3n) is 6.08. The summed E-state index contributed by atoms with van der Waals surface area (Å²) in [6.45, 7) is 15.0. The van der Waals surface area contributed by atoms with Crippen molar-refractivity contribution in [3.63, 3.8) is 0 Å². The van der Waals surface area contributed by atoms with Crippen molar-refractivity contribution in [2.75, 3.05) is 26.2 Å². The van der Waals surface area contributed by atoms with E-state index in [1.807, 2.05) is 27.7 Å². The average molecular weight is 376 g/mol. The third-order valence-corrected chi connectivity index (χ3v) is 6.08. The standard InChI is InChI=1S/C20H30BFN2O3/c1-14(2)23-9-11-24(12-10-23)18(25)16-8-7-15(13-17(16)22)21-26-19(3,4)20(5,6)27-21/h7-8,13-14H,9-12H2,1-6H3. The third kappa shape index (κ3) is 3.91. The van der Waals surface area contributed by atoms with Gasteiger partial charge in [-0.2, -0.15) is 0 Å². The Morgan fingerprint density at radius 2 is 1.63 bits per heavy atom. The first kappa shape index (κ1) is 20.3. The summed E-state index contributed by atoms with van der Waals surface area (Å²) in [5.41, 5.74) is -0.280. The van der Waals surface area contributed by atoms with Gasteiger partial charge in [-0.3, -0.25) is 9.69 Å². The molecule has 0 unspecified atom stereocenters. The molecule has 27 heavy (non-hydrogen) atoms. The second-order valence-electron chi connectivity index (χ2n) is 8.75. The molecule has 0 spiro atoms. The second-order valence-corrected chi connectivity index (χ2v) is 8.75. The van der Waals surface area contributed by atoms with E-state index in [1.165, 1.54) is 6.07 Å². The molecule has 2 aliphatic heterocycles. The Balaban J connectivity index is 1.71. The first-order valence-corrected chi connectivity index (χ1v) is 9.70. The van der Waals surface area contributed by atoms with Crippen LogP contribution in [0.3, 0.4) is 0 Å². The molecule has 0 aliphatic carbocycles. The normalized spacial score (nSPS) is 22.5. The van der Waals surface area contributed by atoms with Crippen LogP contribution in [0.2, 0.25) is 0 Å². The van der Waals surface area contributed by atoms with E-state index in [-0.39, 0.29) is 11.5 Å². The lowest BCUT2D eigenvalue weighted by Gasteiger charge is -2.37. The lowest BCUT2D eigenvalue weighted by atomic mass is 9.78. The average Bonchev–Trinajstić information content (AvgIpc) is 2.82. The number of piperazine rings is 1. The molecule has 5 nitrogen and oxygen atoms in total. The van der Waals surface area contributed by atoms with Gasteiger partial charge >= 0.3 is 7.12 Å². The van der Waals surface area contributed by atoms with Crippen molar-refractivity contribution < 1.29 is 18.5 Å². The van der Waals surface area contributed by atoms with Gasteiger partial charge in [-0.1, -0.05) is 6.07 Å². The molecule has 2 heterocycles. The van der Waals surface area contributed by atoms with Crippen LogP contribution in [0.5, 0.6) is 0 Å². The van der Waals surface area contributed by atoms with Gasteiger partial charge in [0.2, 0.25) is 0 Å². The Morgan fingerprint density at radius 3 is 2.11 bits per heavy atom. The van der Waals surface area contributed by atoms with Crippen LogP contribution < -0.4 is 5.46 Å². The van der Waals surface area contributed by atoms with E-state index in [0.29, 0.717) is 24.6 Å². The van der Waals surface area contributed by atoms with E-state index < -0.39 is 24.1 Å². The zero-order chi connectivity index (χ0) is 20.0. The zero-order valence-corrected chi connectivity index (χ0v) is 17.2. The number of hydrogen-bond donors (Lipinski definition) is 0. The molecule has 148 valence electrons. The van der Waals surface area contributed by atoms with Crippen molar-refractivity contribution in [3.8, 4) is 0 Å². The van der Waals surface area contributed by atoms with Gasteiger partial charge in [-0.25, -0.2) is 4.39 Å². The molecule has 0 atom stereocenters. The summed E-state index contributed by atoms with van der Waals surface area (Å²) in [6.07, 6.45) is 0. The lowest BCUT2D eigenvalue weighted by Crippen LogP contribution is -2.50. The highest BCUT2D eigenvalue weighted by atomic mass is 19.1. The largest absolute Gasteiger partial charge is 0.494 e. The van der Waals surface area contributed by atoms with Crippen molar-refractivity contribution in [1.82, 2.24) is 9.80 Å². The Bertz CT molecular complexity index is 699. The summed E-state index contributed by atoms with van der Waals surface area (Å²) < 4.78 is 26.7. The van der Waals surface area contributed by atoms with Crippen LogP contribution in [-0.2, 0) is 9.31 Å². The van der Waals surface area contributed by atoms with E-state index in [0.717, 1.165) is 13.1 Å². The van der Waals surface area contributed by atoms with Crippen LogP contribution in [0.15, 0.2) is 18.2 Å². The zero-order valence-electron chi connectivity index (χ0n) is 17.2. The number of rotatable bonds is 3. The van der Waals surface area contributed by atoms with Gasteiger partial charge in [0.25, 0.3) is 5.91 Å². The van der Waals surface area contributed by atoms with Crippen LogP contribution in [0.4, 0.5) is 4.39 Å². The van der Waals surface area contributed by atoms with E-state index >= 15 is 0 Å². The maximum Gasteiger partial charge on any atom is 0.494 e. The predicted molar refractivity (Wildman–Crippen MR) is 105 cm³/mol. The molecule has 1 amide bonds. The summed E-state index contributed by atoms with van der Waals surface area (Å²) in [6, 6.07) is 5.09. The molecular weight excluding hydrogens is 346 g/mol. The lowest BCUT2D eigenvalue weighted by molar-refractivity contribution is 0.00578. The Morgan fingerprint density at radius 1 is 1.07 bits per heavy atom. The summed E-state index contributed by atoms with van der Waals surface area (Å²) in [4.78, 5) is 16.8. The predicted octanol–water partition coefficient (Wildman–Crippen LogP) is 2.29. The van der Waals surface area contributed by atoms with Gasteiger partial charge in [-0.15, -0.1) is 0 Å². The molecule has 2 fully saturated rings. The van der Waals surface area contributed by atoms with Crippen molar-refractivity contribution in [2.45, 2.75) is 58.8 Å². The maximum atomic E-state index is 14.7. The highest BCUT2D eigenvalue weighted by Gasteiger charge is 2.51. The highest BCUT2D eigenvalue weighted by Crippen LogP contribution is 2.36. The first-order valence-electron chi connectivity index (χ1n) is 9.70. The number of carbonyl (C=O) groups is 1. The van der Waals surface area contributed by atoms with E-state index in [9.17, 15) is 9.18 Å². The SMILES string of the molecule is CC(C)N1CCN(C(=O)c2ccc(B3OC(C)(C)C(C)(C)O3)cc2F)CC1. The Hall–Kier alpha value is -1.44. The molecule has 3 rings (SSSR count). The van der Waals surface area contributed by atoms with Crippen LogP contribution >= 0.6 is 0 Å². The van der Waals surface area contributed by atoms with E-state index in [1.54, 1.807) is 17.0 Å². The fraction of sp³-hybridized carbons (Fsp3) is 0.650. The smallest absolute Gasteiger partial charge is 0.399 e. The number of benzene rings is 1. The molecule has 2 aliphatic rings. The molecule has 0 N–H and O–H groups in total. The molecule has 1 aromatic rings. The summed E-state index contributed by atoms with van der Waals surface area (Å²) in [5.74, 6) is -0.783. The number of amides is 1. The molecule has 0 bridgehead atoms. The molecule has 7 heteroatoms. The van der Waals surface area contributed by atoms with Crippen LogP contribution in [0.1, 0.15) is 51.9 Å². The van der Waals surface area contributed by atoms with Crippen LogP contribution in [-0.4, -0.2) is 66.2 Å². The minimum Gasteiger partial charge on any atom is -0.399 e. The number of carbonyl (C=O) groups excluding carboxylic acids is 1. The van der Waals surface area contributed by atoms with Crippen molar-refractivity contribution in [2.24, 2.45) is 0 Å². The van der Waals surface area contributed by atoms with Crippen LogP contribution in [0, 0.1) is 5.82 Å².